The van der Waals surface area contributed by atoms with Crippen molar-refractivity contribution in [1.29, 1.82) is 5.26 Å². The van der Waals surface area contributed by atoms with E-state index in [0.717, 1.165) is 29.7 Å². The van der Waals surface area contributed by atoms with Crippen molar-refractivity contribution in [2.45, 2.75) is 50.7 Å². The third kappa shape index (κ3) is 2.52. The Morgan fingerprint density at radius 1 is 1.22 bits per heavy atom. The molecule has 138 valence electrons. The highest BCUT2D eigenvalue weighted by Crippen LogP contribution is 2.37. The monoisotopic (exact) mass is 362 g/mol. The Labute approximate surface area is 157 Å². The number of methoxy groups -OCH3 is 1. The lowest BCUT2D eigenvalue weighted by atomic mass is 9.99. The minimum absolute atomic E-state index is 0.457. The molecular weight excluding hydrogens is 340 g/mol. The van der Waals surface area contributed by atoms with Crippen LogP contribution in [0.15, 0.2) is 24.7 Å². The van der Waals surface area contributed by atoms with Crippen molar-refractivity contribution in [3.05, 3.63) is 35.9 Å². The molecule has 1 N–H and O–H groups in total. The fourth-order valence-corrected chi connectivity index (χ4v) is 4.77. The van der Waals surface area contributed by atoms with Crippen LogP contribution in [-0.4, -0.2) is 38.6 Å². The Bertz CT molecular complexity index is 1050. The van der Waals surface area contributed by atoms with Gasteiger partial charge in [0.25, 0.3) is 0 Å². The zero-order chi connectivity index (χ0) is 18.5. The van der Waals surface area contributed by atoms with Crippen LogP contribution in [0, 0.1) is 18.3 Å². The van der Waals surface area contributed by atoms with E-state index in [-0.39, 0.29) is 0 Å². The second kappa shape index (κ2) is 6.10. The summed E-state index contributed by atoms with van der Waals surface area (Å²) in [7, 11) is 1.62. The van der Waals surface area contributed by atoms with Crippen molar-refractivity contribution in [2.24, 2.45) is 0 Å². The van der Waals surface area contributed by atoms with Gasteiger partial charge in [0, 0.05) is 35.1 Å². The fraction of sp³-hybridized carbons (Fsp3) is 0.450. The quantitative estimate of drug-likeness (QED) is 0.775. The lowest BCUT2D eigenvalue weighted by molar-refractivity contribution is 0.278. The van der Waals surface area contributed by atoms with Gasteiger partial charge in [0.05, 0.1) is 25.5 Å². The summed E-state index contributed by atoms with van der Waals surface area (Å²) >= 11 is 0. The zero-order valence-corrected chi connectivity index (χ0v) is 15.5. The first-order chi connectivity index (χ1) is 13.2. The number of ether oxygens (including phenoxy) is 1. The van der Waals surface area contributed by atoms with Crippen LogP contribution in [0.2, 0.25) is 0 Å². The third-order valence-corrected chi connectivity index (χ3v) is 6.07. The van der Waals surface area contributed by atoms with Crippen molar-refractivity contribution in [1.82, 2.24) is 24.7 Å². The molecule has 0 aromatic carbocycles. The van der Waals surface area contributed by atoms with Gasteiger partial charge in [0.15, 0.2) is 0 Å². The number of nitrogens with one attached hydrogen (secondary N) is 1. The number of pyridine rings is 1. The van der Waals surface area contributed by atoms with E-state index in [0.29, 0.717) is 35.0 Å². The summed E-state index contributed by atoms with van der Waals surface area (Å²) in [5, 5.41) is 22.0. The predicted molar refractivity (Wildman–Crippen MR) is 101 cm³/mol. The molecule has 2 bridgehead atoms. The van der Waals surface area contributed by atoms with E-state index in [1.165, 1.54) is 12.8 Å². The van der Waals surface area contributed by atoms with Crippen LogP contribution < -0.4 is 10.1 Å². The summed E-state index contributed by atoms with van der Waals surface area (Å²) < 4.78 is 9.46. The first kappa shape index (κ1) is 16.3. The fourth-order valence-electron chi connectivity index (χ4n) is 4.77. The number of aromatic nitrogens is 4. The molecule has 0 spiro atoms. The molecule has 0 aliphatic carbocycles. The van der Waals surface area contributed by atoms with Gasteiger partial charge in [-0.25, -0.2) is 4.52 Å². The van der Waals surface area contributed by atoms with E-state index in [9.17, 15) is 5.26 Å². The minimum Gasteiger partial charge on any atom is -0.494 e. The largest absolute Gasteiger partial charge is 0.494 e. The van der Waals surface area contributed by atoms with Gasteiger partial charge in [-0.2, -0.15) is 15.5 Å². The molecule has 2 saturated heterocycles. The molecular formula is C20H22N6O. The summed E-state index contributed by atoms with van der Waals surface area (Å²) in [5.41, 5.74) is 4.44. The van der Waals surface area contributed by atoms with Crippen molar-refractivity contribution in [2.75, 3.05) is 7.11 Å². The topological polar surface area (TPSA) is 80.2 Å². The Kier molecular flexibility index (Phi) is 3.69. The van der Waals surface area contributed by atoms with Gasteiger partial charge in [-0.05, 0) is 38.7 Å². The Morgan fingerprint density at radius 3 is 2.70 bits per heavy atom. The molecule has 2 fully saturated rings. The maximum atomic E-state index is 9.29. The van der Waals surface area contributed by atoms with Crippen LogP contribution in [0.3, 0.4) is 0 Å². The summed E-state index contributed by atoms with van der Waals surface area (Å²) in [6, 6.07) is 5.86. The second-order valence-corrected chi connectivity index (χ2v) is 7.61. The number of piperidine rings is 1. The van der Waals surface area contributed by atoms with Gasteiger partial charge in [-0.15, -0.1) is 0 Å². The lowest BCUT2D eigenvalue weighted by Crippen LogP contribution is -2.39. The van der Waals surface area contributed by atoms with E-state index in [4.69, 9.17) is 9.84 Å². The molecule has 0 saturated carbocycles. The highest BCUT2D eigenvalue weighted by Gasteiger charge is 2.35. The number of rotatable bonds is 3. The van der Waals surface area contributed by atoms with Gasteiger partial charge in [0.2, 0.25) is 0 Å². The molecule has 0 amide bonds. The molecule has 0 radical (unpaired) electrons. The lowest BCUT2D eigenvalue weighted by Gasteiger charge is -2.30. The molecule has 5 rings (SSSR count). The number of nitriles is 1. The number of nitrogens with zero attached hydrogens (tertiary/aromatic N) is 5. The molecule has 2 aliphatic rings. The molecule has 5 heterocycles. The number of fused-ring (bicyclic) bond motifs is 3. The van der Waals surface area contributed by atoms with E-state index in [1.54, 1.807) is 17.8 Å². The van der Waals surface area contributed by atoms with Crippen LogP contribution in [0.1, 0.15) is 43.0 Å². The van der Waals surface area contributed by atoms with Crippen molar-refractivity contribution >= 4 is 5.52 Å². The molecule has 3 aromatic heterocycles. The predicted octanol–water partition coefficient (Wildman–Crippen LogP) is 2.84. The van der Waals surface area contributed by atoms with Gasteiger partial charge < -0.3 is 10.1 Å². The zero-order valence-electron chi connectivity index (χ0n) is 15.5. The van der Waals surface area contributed by atoms with Gasteiger partial charge >= 0.3 is 0 Å². The molecule has 1 unspecified atom stereocenters. The van der Waals surface area contributed by atoms with Crippen LogP contribution in [0.5, 0.6) is 5.75 Å². The average molecular weight is 362 g/mol. The SMILES string of the molecule is COc1cc(-c2cnn(C3C[C@H]4CC[C@@H](C3)N4)c2C)cn2ncc(C#N)c12. The van der Waals surface area contributed by atoms with E-state index < -0.39 is 0 Å². The standard InChI is InChI=1S/C20H22N6O/c1-12-18(10-23-26(12)17-6-15-3-4-16(7-17)24-15)13-5-19(27-2)20-14(8-21)9-22-25(20)11-13/h5,9-11,15-17,24H,3-4,6-7H2,1-2H3/t15-,16+,17?. The van der Waals surface area contributed by atoms with E-state index >= 15 is 0 Å². The average Bonchev–Trinajstić information content (AvgIpc) is 3.37. The molecule has 7 nitrogen and oxygen atoms in total. The highest BCUT2D eigenvalue weighted by molar-refractivity contribution is 5.75. The second-order valence-electron chi connectivity index (χ2n) is 7.61. The summed E-state index contributed by atoms with van der Waals surface area (Å²) in [6.45, 7) is 2.13. The highest BCUT2D eigenvalue weighted by atomic mass is 16.5. The first-order valence-electron chi connectivity index (χ1n) is 9.44. The molecule has 3 aromatic rings. The van der Waals surface area contributed by atoms with E-state index in [1.807, 2.05) is 18.5 Å². The van der Waals surface area contributed by atoms with Crippen LogP contribution in [0.4, 0.5) is 0 Å². The molecule has 3 atom stereocenters. The van der Waals surface area contributed by atoms with Crippen LogP contribution >= 0.6 is 0 Å². The maximum Gasteiger partial charge on any atom is 0.146 e. The Balaban J connectivity index is 1.56. The minimum atomic E-state index is 0.457. The van der Waals surface area contributed by atoms with Crippen LogP contribution in [-0.2, 0) is 0 Å². The number of hydrogen-bond acceptors (Lipinski definition) is 5. The van der Waals surface area contributed by atoms with Crippen molar-refractivity contribution in [3.63, 3.8) is 0 Å². The summed E-state index contributed by atoms with van der Waals surface area (Å²) in [4.78, 5) is 0. The molecule has 27 heavy (non-hydrogen) atoms. The van der Waals surface area contributed by atoms with Crippen molar-refractivity contribution < 1.29 is 4.74 Å². The van der Waals surface area contributed by atoms with E-state index in [2.05, 4.69) is 28.1 Å². The Hall–Kier alpha value is -2.85. The van der Waals surface area contributed by atoms with Crippen molar-refractivity contribution in [3.8, 4) is 22.9 Å². The maximum absolute atomic E-state index is 9.29. The first-order valence-corrected chi connectivity index (χ1v) is 9.44. The normalized spacial score (nSPS) is 24.3. The third-order valence-electron chi connectivity index (χ3n) is 6.07. The molecule has 2 aliphatic heterocycles. The van der Waals surface area contributed by atoms with Gasteiger partial charge in [-0.3, -0.25) is 4.68 Å². The van der Waals surface area contributed by atoms with Gasteiger partial charge in [0.1, 0.15) is 22.9 Å². The summed E-state index contributed by atoms with van der Waals surface area (Å²) in [6.07, 6.45) is 10.3. The number of hydrogen-bond donors (Lipinski definition) is 1. The molecule has 7 heteroatoms. The summed E-state index contributed by atoms with van der Waals surface area (Å²) in [5.74, 6) is 0.647. The Morgan fingerprint density at radius 2 is 2.00 bits per heavy atom. The van der Waals surface area contributed by atoms with Crippen LogP contribution in [0.25, 0.3) is 16.6 Å². The van der Waals surface area contributed by atoms with Gasteiger partial charge in [-0.1, -0.05) is 0 Å². The smallest absolute Gasteiger partial charge is 0.146 e.